The normalized spacial score (nSPS) is 15.6. The standard InChI is InChI=1S/C17H18ClFN2O2/c1-10-14(17(22)20-11-6-3-2-4-7-11)16(21-23-10)15-12(18)8-5-9-13(15)19/h5,8-9,11H,2-4,6-7H2,1H3,(H,20,22). The maximum Gasteiger partial charge on any atom is 0.257 e. The van der Waals surface area contributed by atoms with E-state index < -0.39 is 5.82 Å². The maximum atomic E-state index is 14.1. The number of carbonyl (C=O) groups is 1. The number of amides is 1. The highest BCUT2D eigenvalue weighted by Gasteiger charge is 2.27. The van der Waals surface area contributed by atoms with Crippen LogP contribution in [0.5, 0.6) is 0 Å². The summed E-state index contributed by atoms with van der Waals surface area (Å²) in [5, 5.41) is 7.07. The zero-order valence-electron chi connectivity index (χ0n) is 12.9. The van der Waals surface area contributed by atoms with Crippen LogP contribution in [0, 0.1) is 12.7 Å². The van der Waals surface area contributed by atoms with E-state index in [0.717, 1.165) is 25.7 Å². The lowest BCUT2D eigenvalue weighted by molar-refractivity contribution is 0.0926. The second kappa shape index (κ2) is 6.71. The van der Waals surface area contributed by atoms with Crippen LogP contribution in [0.1, 0.15) is 48.2 Å². The van der Waals surface area contributed by atoms with Crippen molar-refractivity contribution in [2.24, 2.45) is 0 Å². The molecule has 6 heteroatoms. The molecule has 0 spiro atoms. The zero-order chi connectivity index (χ0) is 16.4. The Labute approximate surface area is 139 Å². The van der Waals surface area contributed by atoms with Crippen LogP contribution in [0.15, 0.2) is 22.7 Å². The lowest BCUT2D eigenvalue weighted by atomic mass is 9.95. The molecule has 4 nitrogen and oxygen atoms in total. The van der Waals surface area contributed by atoms with Gasteiger partial charge >= 0.3 is 0 Å². The fraction of sp³-hybridized carbons (Fsp3) is 0.412. The summed E-state index contributed by atoms with van der Waals surface area (Å²) < 4.78 is 19.3. The third-order valence-electron chi connectivity index (χ3n) is 4.23. The Morgan fingerprint density at radius 3 is 2.78 bits per heavy atom. The van der Waals surface area contributed by atoms with Gasteiger partial charge < -0.3 is 9.84 Å². The van der Waals surface area contributed by atoms with E-state index in [0.29, 0.717) is 5.76 Å². The largest absolute Gasteiger partial charge is 0.360 e. The van der Waals surface area contributed by atoms with Crippen molar-refractivity contribution in [2.75, 3.05) is 0 Å². The first-order valence-corrected chi connectivity index (χ1v) is 8.17. The molecule has 1 aliphatic carbocycles. The van der Waals surface area contributed by atoms with Crippen molar-refractivity contribution in [3.63, 3.8) is 0 Å². The molecule has 1 saturated carbocycles. The quantitative estimate of drug-likeness (QED) is 0.897. The zero-order valence-corrected chi connectivity index (χ0v) is 13.6. The first kappa shape index (κ1) is 16.0. The number of rotatable bonds is 3. The number of aryl methyl sites for hydroxylation is 1. The third kappa shape index (κ3) is 3.24. The van der Waals surface area contributed by atoms with Gasteiger partial charge in [-0.05, 0) is 31.9 Å². The van der Waals surface area contributed by atoms with Gasteiger partial charge in [0.1, 0.15) is 22.8 Å². The summed E-state index contributed by atoms with van der Waals surface area (Å²) in [6.07, 6.45) is 5.35. The number of carbonyl (C=O) groups excluding carboxylic acids is 1. The average molecular weight is 337 g/mol. The van der Waals surface area contributed by atoms with Gasteiger partial charge in [-0.1, -0.05) is 42.1 Å². The van der Waals surface area contributed by atoms with Gasteiger partial charge in [0, 0.05) is 6.04 Å². The number of hydrogen-bond acceptors (Lipinski definition) is 3. The Balaban J connectivity index is 1.94. The lowest BCUT2D eigenvalue weighted by Crippen LogP contribution is -2.36. The van der Waals surface area contributed by atoms with Crippen molar-refractivity contribution in [1.29, 1.82) is 0 Å². The van der Waals surface area contributed by atoms with Crippen molar-refractivity contribution in [3.8, 4) is 11.3 Å². The van der Waals surface area contributed by atoms with Crippen LogP contribution >= 0.6 is 11.6 Å². The highest BCUT2D eigenvalue weighted by Crippen LogP contribution is 2.33. The molecule has 0 unspecified atom stereocenters. The molecule has 0 bridgehead atoms. The molecule has 1 amide bonds. The maximum absolute atomic E-state index is 14.1. The summed E-state index contributed by atoms with van der Waals surface area (Å²) >= 11 is 6.09. The molecule has 1 N–H and O–H groups in total. The Bertz CT molecular complexity index is 703. The van der Waals surface area contributed by atoms with Crippen LogP contribution < -0.4 is 5.32 Å². The molecule has 1 heterocycles. The molecule has 1 fully saturated rings. The predicted molar refractivity (Wildman–Crippen MR) is 86.0 cm³/mol. The van der Waals surface area contributed by atoms with E-state index in [1.807, 2.05) is 0 Å². The third-order valence-corrected chi connectivity index (χ3v) is 4.54. The average Bonchev–Trinajstić information content (AvgIpc) is 2.90. The SMILES string of the molecule is Cc1onc(-c2c(F)cccc2Cl)c1C(=O)NC1CCCCC1. The summed E-state index contributed by atoms with van der Waals surface area (Å²) in [5.74, 6) is -0.463. The van der Waals surface area contributed by atoms with E-state index in [1.54, 1.807) is 13.0 Å². The second-order valence-corrected chi connectivity index (χ2v) is 6.27. The molecule has 0 aliphatic heterocycles. The number of nitrogens with one attached hydrogen (secondary N) is 1. The van der Waals surface area contributed by atoms with Crippen molar-refractivity contribution >= 4 is 17.5 Å². The van der Waals surface area contributed by atoms with Crippen molar-refractivity contribution in [1.82, 2.24) is 10.5 Å². The van der Waals surface area contributed by atoms with Gasteiger partial charge in [-0.15, -0.1) is 0 Å². The predicted octanol–water partition coefficient (Wildman–Crippen LogP) is 4.51. The fourth-order valence-corrected chi connectivity index (χ4v) is 3.29. The molecule has 1 aliphatic rings. The lowest BCUT2D eigenvalue weighted by Gasteiger charge is -2.22. The van der Waals surface area contributed by atoms with Crippen LogP contribution in [0.4, 0.5) is 4.39 Å². The molecule has 23 heavy (non-hydrogen) atoms. The summed E-state index contributed by atoms with van der Waals surface area (Å²) in [7, 11) is 0. The Kier molecular flexibility index (Phi) is 4.66. The van der Waals surface area contributed by atoms with Gasteiger partial charge in [-0.3, -0.25) is 4.79 Å². The molecular weight excluding hydrogens is 319 g/mol. The summed E-state index contributed by atoms with van der Waals surface area (Å²) in [5.41, 5.74) is 0.501. The van der Waals surface area contributed by atoms with Crippen LogP contribution in [0.25, 0.3) is 11.3 Å². The highest BCUT2D eigenvalue weighted by atomic mass is 35.5. The molecule has 2 aromatic rings. The molecule has 0 saturated heterocycles. The van der Waals surface area contributed by atoms with Crippen LogP contribution in [0.2, 0.25) is 5.02 Å². The van der Waals surface area contributed by atoms with Crippen LogP contribution in [-0.4, -0.2) is 17.1 Å². The van der Waals surface area contributed by atoms with Gasteiger partial charge in [-0.25, -0.2) is 4.39 Å². The number of nitrogens with zero attached hydrogens (tertiary/aromatic N) is 1. The van der Waals surface area contributed by atoms with Gasteiger partial charge in [-0.2, -0.15) is 0 Å². The van der Waals surface area contributed by atoms with Crippen molar-refractivity contribution in [3.05, 3.63) is 40.4 Å². The van der Waals surface area contributed by atoms with Crippen LogP contribution in [0.3, 0.4) is 0 Å². The highest BCUT2D eigenvalue weighted by molar-refractivity contribution is 6.33. The molecule has 0 radical (unpaired) electrons. The van der Waals surface area contributed by atoms with Gasteiger partial charge in [0.25, 0.3) is 5.91 Å². The van der Waals surface area contributed by atoms with Crippen molar-refractivity contribution < 1.29 is 13.7 Å². The van der Waals surface area contributed by atoms with Gasteiger partial charge in [0.05, 0.1) is 10.6 Å². The van der Waals surface area contributed by atoms with E-state index in [-0.39, 0.29) is 33.8 Å². The molecule has 1 aromatic carbocycles. The monoisotopic (exact) mass is 336 g/mol. The number of halogens is 2. The second-order valence-electron chi connectivity index (χ2n) is 5.87. The van der Waals surface area contributed by atoms with Gasteiger partial charge in [0.15, 0.2) is 0 Å². The van der Waals surface area contributed by atoms with Crippen molar-refractivity contribution in [2.45, 2.75) is 45.1 Å². The molecule has 1 aromatic heterocycles. The number of benzene rings is 1. The first-order valence-electron chi connectivity index (χ1n) is 7.79. The number of aromatic nitrogens is 1. The van der Waals surface area contributed by atoms with E-state index in [9.17, 15) is 9.18 Å². The first-order chi connectivity index (χ1) is 11.1. The smallest absolute Gasteiger partial charge is 0.257 e. The van der Waals surface area contributed by atoms with E-state index in [2.05, 4.69) is 10.5 Å². The van der Waals surface area contributed by atoms with E-state index >= 15 is 0 Å². The molecule has 0 atom stereocenters. The summed E-state index contributed by atoms with van der Waals surface area (Å²) in [6, 6.07) is 4.51. The Morgan fingerprint density at radius 1 is 1.35 bits per heavy atom. The van der Waals surface area contributed by atoms with Crippen LogP contribution in [-0.2, 0) is 0 Å². The number of hydrogen-bond donors (Lipinski definition) is 1. The minimum Gasteiger partial charge on any atom is -0.360 e. The topological polar surface area (TPSA) is 55.1 Å². The minimum absolute atomic E-state index is 0.0970. The van der Waals surface area contributed by atoms with E-state index in [1.165, 1.54) is 18.6 Å². The summed E-state index contributed by atoms with van der Waals surface area (Å²) in [6.45, 7) is 1.64. The Hall–Kier alpha value is -1.88. The minimum atomic E-state index is -0.530. The molecular formula is C17H18ClFN2O2. The Morgan fingerprint density at radius 2 is 2.09 bits per heavy atom. The van der Waals surface area contributed by atoms with Gasteiger partial charge in [0.2, 0.25) is 0 Å². The summed E-state index contributed by atoms with van der Waals surface area (Å²) in [4.78, 5) is 12.6. The molecule has 3 rings (SSSR count). The van der Waals surface area contributed by atoms with E-state index in [4.69, 9.17) is 16.1 Å². The molecule has 122 valence electrons. The fourth-order valence-electron chi connectivity index (χ4n) is 3.04.